The van der Waals surface area contributed by atoms with Crippen molar-refractivity contribution < 1.29 is 4.79 Å². The van der Waals surface area contributed by atoms with E-state index < -0.39 is 5.41 Å². The Balaban J connectivity index is 1.88. The van der Waals surface area contributed by atoms with Crippen LogP contribution in [0.5, 0.6) is 0 Å². The average Bonchev–Trinajstić information content (AvgIpc) is 3.01. The molecule has 6 aromatic rings. The zero-order chi connectivity index (χ0) is 28.4. The summed E-state index contributed by atoms with van der Waals surface area (Å²) in [5.41, 5.74) is 9.36. The Hall–Kier alpha value is -4.95. The lowest BCUT2D eigenvalue weighted by Crippen LogP contribution is -2.27. The Morgan fingerprint density at radius 1 is 0.463 bits per heavy atom. The van der Waals surface area contributed by atoms with E-state index in [1.807, 2.05) is 32.9 Å². The van der Waals surface area contributed by atoms with E-state index in [0.29, 0.717) is 0 Å². The van der Waals surface area contributed by atoms with E-state index in [-0.39, 0.29) is 5.91 Å². The first-order valence-electron chi connectivity index (χ1n) is 14.1. The number of carbonyl (C=O) groups excluding carboxylic acids is 1. The number of hydrogen-bond donors (Lipinski definition) is 1. The van der Waals surface area contributed by atoms with Gasteiger partial charge in [0.05, 0.1) is 0 Å². The van der Waals surface area contributed by atoms with Crippen LogP contribution < -0.4 is 5.32 Å². The van der Waals surface area contributed by atoms with Gasteiger partial charge in [-0.25, -0.2) is 0 Å². The number of carbonyl (C=O) groups is 1. The van der Waals surface area contributed by atoms with E-state index in [2.05, 4.69) is 133 Å². The molecular formula is C39H33NO. The van der Waals surface area contributed by atoms with Crippen LogP contribution in [0.1, 0.15) is 20.8 Å². The van der Waals surface area contributed by atoms with Gasteiger partial charge in [-0.1, -0.05) is 154 Å². The van der Waals surface area contributed by atoms with Crippen LogP contribution in [0.25, 0.3) is 55.3 Å². The van der Waals surface area contributed by atoms with Gasteiger partial charge in [-0.05, 0) is 50.4 Å². The van der Waals surface area contributed by atoms with Crippen LogP contribution in [0.4, 0.5) is 5.69 Å². The highest BCUT2D eigenvalue weighted by Gasteiger charge is 2.27. The Morgan fingerprint density at radius 2 is 0.854 bits per heavy atom. The molecule has 0 radical (unpaired) electrons. The minimum atomic E-state index is -0.538. The summed E-state index contributed by atoms with van der Waals surface area (Å²) in [6, 6.07) is 48.7. The first kappa shape index (κ1) is 26.3. The van der Waals surface area contributed by atoms with E-state index in [0.717, 1.165) is 55.4 Å². The second-order valence-corrected chi connectivity index (χ2v) is 11.4. The van der Waals surface area contributed by atoms with E-state index in [4.69, 9.17) is 0 Å². The van der Waals surface area contributed by atoms with Crippen LogP contribution in [0.15, 0.2) is 140 Å². The van der Waals surface area contributed by atoms with Crippen LogP contribution in [0.2, 0.25) is 0 Å². The first-order valence-corrected chi connectivity index (χ1v) is 14.1. The van der Waals surface area contributed by atoms with E-state index in [1.165, 1.54) is 5.56 Å². The minimum Gasteiger partial charge on any atom is -0.325 e. The zero-order valence-corrected chi connectivity index (χ0v) is 23.7. The van der Waals surface area contributed by atoms with E-state index in [1.54, 1.807) is 0 Å². The number of rotatable bonds is 5. The maximum Gasteiger partial charge on any atom is 0.229 e. The number of nitrogens with one attached hydrogen (secondary N) is 1. The molecule has 0 bridgehead atoms. The number of amides is 1. The fourth-order valence-electron chi connectivity index (χ4n) is 5.54. The Kier molecular flexibility index (Phi) is 6.99. The van der Waals surface area contributed by atoms with Gasteiger partial charge in [0.15, 0.2) is 0 Å². The SMILES string of the molecule is CC(C)(C)C(=O)Nc1cccc2c(-c3ccccc3)c(-c3ccccc3)c(-c3ccccc3)c(-c3ccccc3)c12. The van der Waals surface area contributed by atoms with Crippen molar-refractivity contribution in [3.05, 3.63) is 140 Å². The van der Waals surface area contributed by atoms with Gasteiger partial charge in [0.2, 0.25) is 5.91 Å². The van der Waals surface area contributed by atoms with E-state index in [9.17, 15) is 4.79 Å². The van der Waals surface area contributed by atoms with Gasteiger partial charge in [-0.15, -0.1) is 0 Å². The molecule has 0 atom stereocenters. The third kappa shape index (κ3) is 5.05. The molecule has 0 aliphatic heterocycles. The van der Waals surface area contributed by atoms with Gasteiger partial charge in [-0.2, -0.15) is 0 Å². The molecule has 0 spiro atoms. The maximum absolute atomic E-state index is 13.4. The summed E-state index contributed by atoms with van der Waals surface area (Å²) >= 11 is 0. The molecule has 200 valence electrons. The molecule has 1 amide bonds. The van der Waals surface area contributed by atoms with Crippen LogP contribution in [-0.4, -0.2) is 5.91 Å². The molecule has 2 heteroatoms. The van der Waals surface area contributed by atoms with Gasteiger partial charge in [-0.3, -0.25) is 4.79 Å². The van der Waals surface area contributed by atoms with Crippen molar-refractivity contribution >= 4 is 22.4 Å². The predicted octanol–water partition coefficient (Wildman–Crippen LogP) is 10.5. The van der Waals surface area contributed by atoms with Gasteiger partial charge >= 0.3 is 0 Å². The first-order chi connectivity index (χ1) is 19.9. The van der Waals surface area contributed by atoms with Gasteiger partial charge in [0, 0.05) is 22.1 Å². The molecular weight excluding hydrogens is 498 g/mol. The fraction of sp³-hybridized carbons (Fsp3) is 0.103. The van der Waals surface area contributed by atoms with Crippen molar-refractivity contribution in [3.8, 4) is 44.5 Å². The Bertz CT molecular complexity index is 1820. The second kappa shape index (κ2) is 10.9. The summed E-state index contributed by atoms with van der Waals surface area (Å²) < 4.78 is 0. The lowest BCUT2D eigenvalue weighted by Gasteiger charge is -2.26. The largest absolute Gasteiger partial charge is 0.325 e. The summed E-state index contributed by atoms with van der Waals surface area (Å²) in [5.74, 6) is -0.0151. The summed E-state index contributed by atoms with van der Waals surface area (Å²) in [5, 5.41) is 5.45. The highest BCUT2D eigenvalue weighted by molar-refractivity contribution is 6.22. The van der Waals surface area contributed by atoms with Crippen molar-refractivity contribution in [1.29, 1.82) is 0 Å². The summed E-state index contributed by atoms with van der Waals surface area (Å²) in [7, 11) is 0. The zero-order valence-electron chi connectivity index (χ0n) is 23.7. The molecule has 0 saturated heterocycles. The number of fused-ring (bicyclic) bond motifs is 1. The van der Waals surface area contributed by atoms with Crippen molar-refractivity contribution in [2.24, 2.45) is 5.41 Å². The molecule has 2 nitrogen and oxygen atoms in total. The topological polar surface area (TPSA) is 29.1 Å². The highest BCUT2D eigenvalue weighted by Crippen LogP contribution is 2.52. The van der Waals surface area contributed by atoms with Crippen molar-refractivity contribution in [3.63, 3.8) is 0 Å². The molecule has 0 saturated carbocycles. The van der Waals surface area contributed by atoms with Crippen LogP contribution in [0.3, 0.4) is 0 Å². The number of benzene rings is 6. The standard InChI is InChI=1S/C39H33NO/c1-39(2,3)38(41)40-32-26-16-25-31-33(27-17-8-4-9-18-27)34(28-19-10-5-11-20-28)35(29-21-12-6-13-22-29)36(37(31)32)30-23-14-7-15-24-30/h4-26H,1-3H3,(H,40,41). The number of anilines is 1. The Labute approximate surface area is 242 Å². The molecule has 0 aromatic heterocycles. The Morgan fingerprint density at radius 3 is 1.29 bits per heavy atom. The molecule has 0 heterocycles. The van der Waals surface area contributed by atoms with Crippen LogP contribution in [0, 0.1) is 5.41 Å². The molecule has 0 aliphatic rings. The summed E-state index contributed by atoms with van der Waals surface area (Å²) in [6.45, 7) is 5.84. The molecule has 0 aliphatic carbocycles. The normalized spacial score (nSPS) is 11.4. The molecule has 6 rings (SSSR count). The minimum absolute atomic E-state index is 0.0151. The van der Waals surface area contributed by atoms with Crippen LogP contribution >= 0.6 is 0 Å². The third-order valence-electron chi connectivity index (χ3n) is 7.51. The summed E-state index contributed by atoms with van der Waals surface area (Å²) in [4.78, 5) is 13.4. The van der Waals surface area contributed by atoms with Crippen LogP contribution in [-0.2, 0) is 4.79 Å². The molecule has 0 fully saturated rings. The van der Waals surface area contributed by atoms with E-state index >= 15 is 0 Å². The third-order valence-corrected chi connectivity index (χ3v) is 7.51. The molecule has 6 aromatic carbocycles. The van der Waals surface area contributed by atoms with Gasteiger partial charge in [0.1, 0.15) is 0 Å². The molecule has 0 unspecified atom stereocenters. The molecule has 41 heavy (non-hydrogen) atoms. The monoisotopic (exact) mass is 531 g/mol. The second-order valence-electron chi connectivity index (χ2n) is 11.4. The van der Waals surface area contributed by atoms with Gasteiger partial charge < -0.3 is 5.32 Å². The highest BCUT2D eigenvalue weighted by atomic mass is 16.2. The van der Waals surface area contributed by atoms with Crippen molar-refractivity contribution in [1.82, 2.24) is 0 Å². The lowest BCUT2D eigenvalue weighted by molar-refractivity contribution is -0.123. The van der Waals surface area contributed by atoms with Crippen molar-refractivity contribution in [2.75, 3.05) is 5.32 Å². The maximum atomic E-state index is 13.4. The smallest absolute Gasteiger partial charge is 0.229 e. The van der Waals surface area contributed by atoms with Gasteiger partial charge in [0.25, 0.3) is 0 Å². The van der Waals surface area contributed by atoms with Crippen molar-refractivity contribution in [2.45, 2.75) is 20.8 Å². The molecule has 1 N–H and O–H groups in total. The summed E-state index contributed by atoms with van der Waals surface area (Å²) in [6.07, 6.45) is 0. The average molecular weight is 532 g/mol. The predicted molar refractivity (Wildman–Crippen MR) is 174 cm³/mol. The quantitative estimate of drug-likeness (QED) is 0.235. The number of hydrogen-bond acceptors (Lipinski definition) is 1. The lowest BCUT2D eigenvalue weighted by atomic mass is 9.78. The fourth-order valence-corrected chi connectivity index (χ4v) is 5.54.